The second-order valence-corrected chi connectivity index (χ2v) is 8.35. The van der Waals surface area contributed by atoms with Crippen molar-refractivity contribution < 1.29 is 14.3 Å². The number of hydrogen-bond donors (Lipinski definition) is 0. The molecular weight excluding hydrogens is 338 g/mol. The summed E-state index contributed by atoms with van der Waals surface area (Å²) in [4.78, 5) is 23.5. The number of ether oxygens (including phenoxy) is 1. The molecule has 2 atom stereocenters. The summed E-state index contributed by atoms with van der Waals surface area (Å²) in [6, 6.07) is 7.91. The lowest BCUT2D eigenvalue weighted by Gasteiger charge is -2.31. The second kappa shape index (κ2) is 9.17. The topological polar surface area (TPSA) is 67.2 Å². The zero-order chi connectivity index (χ0) is 20.8. The molecule has 0 bridgehead atoms. The number of nitrogens with zero attached hydrogens (tertiary/aromatic N) is 1. The minimum absolute atomic E-state index is 0.0422. The molecule has 0 amide bonds. The largest absolute Gasteiger partial charge is 0.482 e. The molecule has 27 heavy (non-hydrogen) atoms. The van der Waals surface area contributed by atoms with Crippen LogP contribution in [0.1, 0.15) is 78.9 Å². The summed E-state index contributed by atoms with van der Waals surface area (Å²) in [5.74, 6) is -1.11. The molecule has 0 radical (unpaired) electrons. The van der Waals surface area contributed by atoms with Crippen LogP contribution in [0.25, 0.3) is 0 Å². The van der Waals surface area contributed by atoms with E-state index in [4.69, 9.17) is 10.00 Å². The number of carbonyl (C=O) groups is 2. The van der Waals surface area contributed by atoms with Crippen LogP contribution >= 0.6 is 0 Å². The Morgan fingerprint density at radius 1 is 1.15 bits per heavy atom. The summed E-state index contributed by atoms with van der Waals surface area (Å²) >= 11 is 0. The molecule has 1 aromatic carbocycles. The maximum atomic E-state index is 12.5. The number of aldehydes is 1. The highest BCUT2D eigenvalue weighted by Gasteiger charge is 2.31. The van der Waals surface area contributed by atoms with Crippen LogP contribution in [-0.2, 0) is 20.4 Å². The van der Waals surface area contributed by atoms with Crippen molar-refractivity contribution in [2.24, 2.45) is 5.92 Å². The molecule has 4 heteroatoms. The van der Waals surface area contributed by atoms with Gasteiger partial charge < -0.3 is 9.53 Å². The predicted octanol–water partition coefficient (Wildman–Crippen LogP) is 5.13. The van der Waals surface area contributed by atoms with Gasteiger partial charge in [0.2, 0.25) is 0 Å². The van der Waals surface area contributed by atoms with Gasteiger partial charge in [-0.1, -0.05) is 60.6 Å². The van der Waals surface area contributed by atoms with Gasteiger partial charge in [0.1, 0.15) is 12.0 Å². The number of rotatable bonds is 10. The normalized spacial score (nSPS) is 14.1. The Kier molecular flexibility index (Phi) is 7.77. The second-order valence-electron chi connectivity index (χ2n) is 8.35. The number of hydrogen-bond acceptors (Lipinski definition) is 4. The van der Waals surface area contributed by atoms with Crippen LogP contribution in [0.2, 0.25) is 0 Å². The molecule has 0 fully saturated rings. The van der Waals surface area contributed by atoms with E-state index in [2.05, 4.69) is 47.6 Å². The third-order valence-electron chi connectivity index (χ3n) is 5.80. The lowest BCUT2D eigenvalue weighted by Crippen LogP contribution is -2.33. The molecule has 0 N–H and O–H groups in total. The average Bonchev–Trinajstić information content (AvgIpc) is 2.66. The Morgan fingerprint density at radius 3 is 2.19 bits per heavy atom. The van der Waals surface area contributed by atoms with Crippen LogP contribution in [0.3, 0.4) is 0 Å². The molecule has 0 spiro atoms. The van der Waals surface area contributed by atoms with Crippen molar-refractivity contribution in [3.8, 4) is 11.8 Å². The van der Waals surface area contributed by atoms with Crippen molar-refractivity contribution in [3.63, 3.8) is 0 Å². The number of ketones is 1. The van der Waals surface area contributed by atoms with Gasteiger partial charge in [-0.2, -0.15) is 5.26 Å². The molecule has 0 saturated carbocycles. The van der Waals surface area contributed by atoms with Gasteiger partial charge in [-0.15, -0.1) is 0 Å². The summed E-state index contributed by atoms with van der Waals surface area (Å²) in [5, 5.41) is 9.02. The smallest absolute Gasteiger partial charge is 0.197 e. The average molecular weight is 372 g/mol. The lowest BCUT2D eigenvalue weighted by atomic mass is 9.76. The highest BCUT2D eigenvalue weighted by atomic mass is 16.5. The van der Waals surface area contributed by atoms with Crippen LogP contribution in [0, 0.1) is 17.2 Å². The summed E-state index contributed by atoms with van der Waals surface area (Å²) in [6.45, 7) is 14.9. The van der Waals surface area contributed by atoms with E-state index in [1.54, 1.807) is 6.07 Å². The number of benzene rings is 1. The summed E-state index contributed by atoms with van der Waals surface area (Å²) < 4.78 is 6.07. The van der Waals surface area contributed by atoms with Crippen LogP contribution in [0.4, 0.5) is 0 Å². The fraction of sp³-hybridized carbons (Fsp3) is 0.609. The lowest BCUT2D eigenvalue weighted by molar-refractivity contribution is -0.131. The molecule has 2 unspecified atom stereocenters. The standard InChI is InChI=1S/C23H33NO3/c1-8-19(21(26)16(14-24)15-25)27-20-12-11-17(22(4,5)9-2)13-18(20)23(6,7)10-3/h11-13,15-16,19H,8-10H2,1-7H3. The maximum absolute atomic E-state index is 12.5. The fourth-order valence-corrected chi connectivity index (χ4v) is 2.83. The molecule has 1 rings (SSSR count). The molecule has 1 aromatic rings. The highest BCUT2D eigenvalue weighted by Crippen LogP contribution is 2.39. The van der Waals surface area contributed by atoms with Crippen LogP contribution in [-0.4, -0.2) is 18.2 Å². The third-order valence-corrected chi connectivity index (χ3v) is 5.80. The Morgan fingerprint density at radius 2 is 1.74 bits per heavy atom. The van der Waals surface area contributed by atoms with Crippen molar-refractivity contribution in [2.75, 3.05) is 0 Å². The SMILES string of the molecule is CCC(Oc1ccc(C(C)(C)CC)cc1C(C)(C)CC)C(=O)C(C#N)C=O. The maximum Gasteiger partial charge on any atom is 0.197 e. The molecule has 0 aliphatic heterocycles. The quantitative estimate of drug-likeness (QED) is 0.422. The van der Waals surface area contributed by atoms with Gasteiger partial charge in [0, 0.05) is 5.56 Å². The molecule has 0 heterocycles. The van der Waals surface area contributed by atoms with Gasteiger partial charge in [0.25, 0.3) is 0 Å². The Balaban J connectivity index is 3.39. The van der Waals surface area contributed by atoms with Gasteiger partial charge in [0.05, 0.1) is 6.07 Å². The van der Waals surface area contributed by atoms with E-state index in [-0.39, 0.29) is 10.8 Å². The predicted molar refractivity (Wildman–Crippen MR) is 108 cm³/mol. The zero-order valence-electron chi connectivity index (χ0n) is 17.8. The van der Waals surface area contributed by atoms with Gasteiger partial charge in [0.15, 0.2) is 17.8 Å². The Hall–Kier alpha value is -2.15. The summed E-state index contributed by atoms with van der Waals surface area (Å²) in [6.07, 6.45) is 1.91. The molecular formula is C23H33NO3. The number of Topliss-reactive ketones (excluding diaryl/α,β-unsaturated/α-hetero) is 1. The molecule has 0 aromatic heterocycles. The van der Waals surface area contributed by atoms with Gasteiger partial charge in [-0.05, 0) is 41.7 Å². The first-order chi connectivity index (χ1) is 12.6. The summed E-state index contributed by atoms with van der Waals surface area (Å²) in [7, 11) is 0. The zero-order valence-corrected chi connectivity index (χ0v) is 17.8. The van der Waals surface area contributed by atoms with Crippen LogP contribution < -0.4 is 4.74 Å². The highest BCUT2D eigenvalue weighted by molar-refractivity contribution is 5.98. The molecule has 0 aliphatic carbocycles. The molecule has 0 saturated heterocycles. The summed E-state index contributed by atoms with van der Waals surface area (Å²) in [5.41, 5.74) is 2.20. The molecule has 4 nitrogen and oxygen atoms in total. The monoisotopic (exact) mass is 371 g/mol. The Bertz CT molecular complexity index is 713. The van der Waals surface area contributed by atoms with Crippen LogP contribution in [0.15, 0.2) is 18.2 Å². The van der Waals surface area contributed by atoms with E-state index < -0.39 is 17.8 Å². The van der Waals surface area contributed by atoms with E-state index >= 15 is 0 Å². The van der Waals surface area contributed by atoms with Crippen molar-refractivity contribution in [3.05, 3.63) is 29.3 Å². The van der Waals surface area contributed by atoms with Crippen molar-refractivity contribution >= 4 is 12.1 Å². The van der Waals surface area contributed by atoms with Crippen LogP contribution in [0.5, 0.6) is 5.75 Å². The number of carbonyl (C=O) groups excluding carboxylic acids is 2. The third kappa shape index (κ3) is 5.19. The first kappa shape index (κ1) is 22.9. The molecule has 148 valence electrons. The van der Waals surface area contributed by atoms with E-state index in [0.29, 0.717) is 18.5 Å². The minimum atomic E-state index is -1.28. The first-order valence-corrected chi connectivity index (χ1v) is 9.78. The van der Waals surface area contributed by atoms with Crippen molar-refractivity contribution in [2.45, 2.75) is 84.7 Å². The van der Waals surface area contributed by atoms with E-state index in [9.17, 15) is 9.59 Å². The first-order valence-electron chi connectivity index (χ1n) is 9.78. The van der Waals surface area contributed by atoms with Gasteiger partial charge in [-0.3, -0.25) is 4.79 Å². The van der Waals surface area contributed by atoms with E-state index in [0.717, 1.165) is 18.4 Å². The van der Waals surface area contributed by atoms with Crippen molar-refractivity contribution in [1.29, 1.82) is 5.26 Å². The molecule has 0 aliphatic rings. The minimum Gasteiger partial charge on any atom is -0.482 e. The Labute approximate surface area is 163 Å². The van der Waals surface area contributed by atoms with Crippen molar-refractivity contribution in [1.82, 2.24) is 0 Å². The van der Waals surface area contributed by atoms with Gasteiger partial charge in [-0.25, -0.2) is 0 Å². The number of nitriles is 1. The van der Waals surface area contributed by atoms with Gasteiger partial charge >= 0.3 is 0 Å². The fourth-order valence-electron chi connectivity index (χ4n) is 2.83. The van der Waals surface area contributed by atoms with E-state index in [1.165, 1.54) is 5.56 Å². The van der Waals surface area contributed by atoms with E-state index in [1.807, 2.05) is 19.1 Å².